The van der Waals surface area contributed by atoms with Crippen molar-refractivity contribution in [1.82, 2.24) is 4.90 Å². The van der Waals surface area contributed by atoms with Crippen LogP contribution in [0.1, 0.15) is 43.9 Å². The fraction of sp³-hybridized carbons (Fsp3) is 0.625. The highest BCUT2D eigenvalue weighted by atomic mass is 15.2. The van der Waals surface area contributed by atoms with Gasteiger partial charge in [-0.3, -0.25) is 4.90 Å². The second-order valence-corrected chi connectivity index (χ2v) is 6.09. The molecule has 1 aromatic rings. The molecule has 98 valence electrons. The monoisotopic (exact) mass is 244 g/mol. The summed E-state index contributed by atoms with van der Waals surface area (Å²) in [6.45, 7) is 5.97. The Bertz CT molecular complexity index is 429. The molecule has 0 amide bonds. The van der Waals surface area contributed by atoms with E-state index >= 15 is 0 Å². The van der Waals surface area contributed by atoms with Gasteiger partial charge in [0.05, 0.1) is 0 Å². The predicted octanol–water partition coefficient (Wildman–Crippen LogP) is 2.73. The zero-order valence-corrected chi connectivity index (χ0v) is 11.5. The van der Waals surface area contributed by atoms with Crippen molar-refractivity contribution in [2.24, 2.45) is 11.7 Å². The molecule has 1 aromatic carbocycles. The Hall–Kier alpha value is -0.860. The van der Waals surface area contributed by atoms with Gasteiger partial charge < -0.3 is 5.73 Å². The molecule has 18 heavy (non-hydrogen) atoms. The maximum Gasteiger partial charge on any atom is 0.0459 e. The van der Waals surface area contributed by atoms with Gasteiger partial charge in [-0.25, -0.2) is 0 Å². The lowest BCUT2D eigenvalue weighted by atomic mass is 9.89. The van der Waals surface area contributed by atoms with Crippen molar-refractivity contribution in [1.29, 1.82) is 0 Å². The lowest BCUT2D eigenvalue weighted by molar-refractivity contribution is 0.0612. The zero-order chi connectivity index (χ0) is 12.7. The number of fused-ring (bicyclic) bond motifs is 1. The molecule has 3 rings (SSSR count). The number of likely N-dealkylation sites (tertiary alicyclic amines) is 1. The van der Waals surface area contributed by atoms with Crippen LogP contribution in [0.3, 0.4) is 0 Å². The first-order chi connectivity index (χ1) is 8.68. The van der Waals surface area contributed by atoms with Crippen LogP contribution < -0.4 is 5.73 Å². The van der Waals surface area contributed by atoms with Gasteiger partial charge in [-0.15, -0.1) is 0 Å². The number of piperidine rings is 1. The number of benzene rings is 1. The first-order valence-corrected chi connectivity index (χ1v) is 7.27. The number of rotatable bonds is 1. The van der Waals surface area contributed by atoms with E-state index in [0.717, 1.165) is 12.3 Å². The van der Waals surface area contributed by atoms with Gasteiger partial charge in [-0.05, 0) is 49.8 Å². The predicted molar refractivity (Wildman–Crippen MR) is 75.4 cm³/mol. The molecule has 4 unspecified atom stereocenters. The third-order valence-electron chi connectivity index (χ3n) is 5.11. The van der Waals surface area contributed by atoms with Crippen LogP contribution in [0.25, 0.3) is 0 Å². The van der Waals surface area contributed by atoms with E-state index in [0.29, 0.717) is 12.1 Å². The minimum absolute atomic E-state index is 0.203. The molecule has 0 radical (unpaired) electrons. The Kier molecular flexibility index (Phi) is 3.16. The maximum absolute atomic E-state index is 6.49. The normalized spacial score (nSPS) is 36.6. The molecule has 0 aromatic heterocycles. The maximum atomic E-state index is 6.49. The van der Waals surface area contributed by atoms with Gasteiger partial charge in [-0.1, -0.05) is 31.2 Å². The van der Waals surface area contributed by atoms with Crippen molar-refractivity contribution in [3.05, 3.63) is 35.4 Å². The summed E-state index contributed by atoms with van der Waals surface area (Å²) in [4.78, 5) is 2.67. The summed E-state index contributed by atoms with van der Waals surface area (Å²) >= 11 is 0. The van der Waals surface area contributed by atoms with E-state index in [-0.39, 0.29) is 6.04 Å². The highest BCUT2D eigenvalue weighted by Gasteiger charge is 2.38. The molecule has 2 N–H and O–H groups in total. The van der Waals surface area contributed by atoms with E-state index in [2.05, 4.69) is 43.0 Å². The summed E-state index contributed by atoms with van der Waals surface area (Å²) in [6.07, 6.45) is 3.83. The van der Waals surface area contributed by atoms with Crippen molar-refractivity contribution >= 4 is 0 Å². The van der Waals surface area contributed by atoms with Crippen molar-refractivity contribution in [2.45, 2.75) is 51.2 Å². The standard InChI is InChI=1S/C16H24N2/c1-11-6-5-9-18(12(11)2)15-10-13-7-3-4-8-14(13)16(15)17/h3-4,7-8,11-12,15-16H,5-6,9-10,17H2,1-2H3. The minimum Gasteiger partial charge on any atom is -0.323 e. The molecule has 2 aliphatic rings. The van der Waals surface area contributed by atoms with E-state index in [1.165, 1.54) is 30.5 Å². The lowest BCUT2D eigenvalue weighted by Gasteiger charge is -2.43. The third-order valence-corrected chi connectivity index (χ3v) is 5.11. The smallest absolute Gasteiger partial charge is 0.0459 e. The number of hydrogen-bond acceptors (Lipinski definition) is 2. The van der Waals surface area contributed by atoms with Crippen molar-refractivity contribution < 1.29 is 0 Å². The number of nitrogens with zero attached hydrogens (tertiary/aromatic N) is 1. The van der Waals surface area contributed by atoms with Gasteiger partial charge in [0, 0.05) is 18.1 Å². The van der Waals surface area contributed by atoms with E-state index in [9.17, 15) is 0 Å². The quantitative estimate of drug-likeness (QED) is 0.823. The molecule has 2 nitrogen and oxygen atoms in total. The molecule has 0 spiro atoms. The molecule has 1 aliphatic carbocycles. The Labute approximate surface area is 110 Å². The van der Waals surface area contributed by atoms with E-state index < -0.39 is 0 Å². The van der Waals surface area contributed by atoms with Gasteiger partial charge in [0.1, 0.15) is 0 Å². The average molecular weight is 244 g/mol. The van der Waals surface area contributed by atoms with Crippen LogP contribution in [0.15, 0.2) is 24.3 Å². The molecule has 0 saturated carbocycles. The minimum atomic E-state index is 0.203. The highest BCUT2D eigenvalue weighted by Crippen LogP contribution is 2.36. The number of nitrogens with two attached hydrogens (primary N) is 1. The van der Waals surface area contributed by atoms with Gasteiger partial charge in [0.25, 0.3) is 0 Å². The Morgan fingerprint density at radius 3 is 2.78 bits per heavy atom. The first-order valence-electron chi connectivity index (χ1n) is 7.27. The van der Waals surface area contributed by atoms with Crippen molar-refractivity contribution in [2.75, 3.05) is 6.54 Å². The van der Waals surface area contributed by atoms with Crippen LogP contribution in [0.4, 0.5) is 0 Å². The fourth-order valence-corrected chi connectivity index (χ4v) is 3.76. The summed E-state index contributed by atoms with van der Waals surface area (Å²) in [7, 11) is 0. The Morgan fingerprint density at radius 1 is 1.22 bits per heavy atom. The third kappa shape index (κ3) is 1.88. The molecular formula is C16H24N2. The average Bonchev–Trinajstić information content (AvgIpc) is 2.71. The lowest BCUT2D eigenvalue weighted by Crippen LogP contribution is -2.51. The first kappa shape index (κ1) is 12.2. The Balaban J connectivity index is 1.83. The second kappa shape index (κ2) is 4.67. The van der Waals surface area contributed by atoms with Gasteiger partial charge >= 0.3 is 0 Å². The molecule has 1 saturated heterocycles. The zero-order valence-electron chi connectivity index (χ0n) is 11.5. The van der Waals surface area contributed by atoms with Crippen LogP contribution in [0.5, 0.6) is 0 Å². The molecule has 1 heterocycles. The van der Waals surface area contributed by atoms with Crippen LogP contribution in [0.2, 0.25) is 0 Å². The van der Waals surface area contributed by atoms with Crippen LogP contribution in [0, 0.1) is 5.92 Å². The fourth-order valence-electron chi connectivity index (χ4n) is 3.76. The van der Waals surface area contributed by atoms with Crippen molar-refractivity contribution in [3.63, 3.8) is 0 Å². The van der Waals surface area contributed by atoms with Crippen molar-refractivity contribution in [3.8, 4) is 0 Å². The topological polar surface area (TPSA) is 29.3 Å². The van der Waals surface area contributed by atoms with E-state index in [4.69, 9.17) is 5.73 Å². The van der Waals surface area contributed by atoms with E-state index in [1.54, 1.807) is 0 Å². The largest absolute Gasteiger partial charge is 0.323 e. The van der Waals surface area contributed by atoms with Crippen LogP contribution >= 0.6 is 0 Å². The molecule has 1 fully saturated rings. The van der Waals surface area contributed by atoms with Crippen LogP contribution in [-0.2, 0) is 6.42 Å². The van der Waals surface area contributed by atoms with Crippen LogP contribution in [-0.4, -0.2) is 23.5 Å². The molecule has 4 atom stereocenters. The summed E-state index contributed by atoms with van der Waals surface area (Å²) in [6, 6.07) is 10.1. The molecule has 1 aliphatic heterocycles. The number of hydrogen-bond donors (Lipinski definition) is 1. The van der Waals surface area contributed by atoms with E-state index in [1.807, 2.05) is 0 Å². The highest BCUT2D eigenvalue weighted by molar-refractivity contribution is 5.37. The van der Waals surface area contributed by atoms with Gasteiger partial charge in [0.2, 0.25) is 0 Å². The summed E-state index contributed by atoms with van der Waals surface area (Å²) in [5, 5.41) is 0. The molecule has 0 bridgehead atoms. The summed E-state index contributed by atoms with van der Waals surface area (Å²) in [5.41, 5.74) is 9.31. The molecular weight excluding hydrogens is 220 g/mol. The summed E-state index contributed by atoms with van der Waals surface area (Å²) in [5.74, 6) is 0.801. The summed E-state index contributed by atoms with van der Waals surface area (Å²) < 4.78 is 0. The second-order valence-electron chi connectivity index (χ2n) is 6.09. The Morgan fingerprint density at radius 2 is 2.00 bits per heavy atom. The van der Waals surface area contributed by atoms with Gasteiger partial charge in [0.15, 0.2) is 0 Å². The van der Waals surface area contributed by atoms with Gasteiger partial charge in [-0.2, -0.15) is 0 Å². The molecule has 2 heteroatoms. The SMILES string of the molecule is CC1CCCN(C2Cc3ccccc3C2N)C1C.